The van der Waals surface area contributed by atoms with Gasteiger partial charge in [-0.25, -0.2) is 4.98 Å². The maximum atomic E-state index is 11.8. The summed E-state index contributed by atoms with van der Waals surface area (Å²) in [5.74, 6) is 0.531. The highest BCUT2D eigenvalue weighted by Crippen LogP contribution is 2.13. The van der Waals surface area contributed by atoms with E-state index in [2.05, 4.69) is 20.2 Å². The molecule has 0 saturated carbocycles. The fourth-order valence-corrected chi connectivity index (χ4v) is 1.57. The largest absolute Gasteiger partial charge is 0.419 e. The molecule has 3 rings (SSSR count). The lowest BCUT2D eigenvalue weighted by Crippen LogP contribution is -2.11. The Kier molecular flexibility index (Phi) is 2.01. The number of rotatable bonds is 1. The van der Waals surface area contributed by atoms with Crippen molar-refractivity contribution in [1.82, 2.24) is 20.2 Å². The quantitative estimate of drug-likeness (QED) is 0.678. The number of nitrogens with one attached hydrogen (secondary N) is 1. The van der Waals surface area contributed by atoms with E-state index in [1.807, 2.05) is 12.1 Å². The molecule has 17 heavy (non-hydrogen) atoms. The second-order valence-electron chi connectivity index (χ2n) is 3.56. The Morgan fingerprint density at radius 1 is 1.24 bits per heavy atom. The van der Waals surface area contributed by atoms with Crippen LogP contribution in [0.4, 0.5) is 0 Å². The van der Waals surface area contributed by atoms with Crippen LogP contribution in [0.5, 0.6) is 0 Å². The third-order valence-electron chi connectivity index (χ3n) is 2.33. The third-order valence-corrected chi connectivity index (χ3v) is 2.33. The van der Waals surface area contributed by atoms with Gasteiger partial charge in [0.05, 0.1) is 11.0 Å². The Morgan fingerprint density at radius 2 is 2.06 bits per heavy atom. The minimum atomic E-state index is -0.340. The van der Waals surface area contributed by atoms with Crippen molar-refractivity contribution in [3.05, 3.63) is 40.5 Å². The predicted octanol–water partition coefficient (Wildman–Crippen LogP) is 1.28. The molecule has 0 atom stereocenters. The van der Waals surface area contributed by atoms with Gasteiger partial charge in [0.1, 0.15) is 0 Å². The van der Waals surface area contributed by atoms with Crippen molar-refractivity contribution in [1.29, 1.82) is 0 Å². The van der Waals surface area contributed by atoms with Crippen LogP contribution in [0, 0.1) is 6.92 Å². The first kappa shape index (κ1) is 9.71. The summed E-state index contributed by atoms with van der Waals surface area (Å²) >= 11 is 0. The summed E-state index contributed by atoms with van der Waals surface area (Å²) in [5, 5.41) is 7.46. The van der Waals surface area contributed by atoms with E-state index >= 15 is 0 Å². The van der Waals surface area contributed by atoms with Crippen molar-refractivity contribution < 1.29 is 4.42 Å². The second-order valence-corrected chi connectivity index (χ2v) is 3.56. The normalized spacial score (nSPS) is 10.9. The predicted molar refractivity (Wildman–Crippen MR) is 60.4 cm³/mol. The van der Waals surface area contributed by atoms with Gasteiger partial charge in [-0.3, -0.25) is 4.79 Å². The van der Waals surface area contributed by atoms with Gasteiger partial charge in [0.2, 0.25) is 5.89 Å². The summed E-state index contributed by atoms with van der Waals surface area (Å²) in [6.07, 6.45) is 0. The second kappa shape index (κ2) is 3.51. The van der Waals surface area contributed by atoms with Crippen LogP contribution in [0.1, 0.15) is 5.89 Å². The molecule has 0 aliphatic heterocycles. The van der Waals surface area contributed by atoms with Gasteiger partial charge in [-0.1, -0.05) is 12.1 Å². The van der Waals surface area contributed by atoms with Gasteiger partial charge in [0.25, 0.3) is 11.4 Å². The molecule has 0 saturated heterocycles. The molecule has 0 aliphatic rings. The molecule has 0 amide bonds. The number of fused-ring (bicyclic) bond motifs is 1. The minimum absolute atomic E-state index is 0.134. The third kappa shape index (κ3) is 1.59. The molecular weight excluding hydrogens is 220 g/mol. The first-order valence-corrected chi connectivity index (χ1v) is 5.03. The SMILES string of the molecule is Cc1nnc(-c2nc3ccccc3[nH]c2=O)o1. The Morgan fingerprint density at radius 3 is 2.82 bits per heavy atom. The average molecular weight is 228 g/mol. The molecule has 2 heterocycles. The number of para-hydroxylation sites is 2. The first-order valence-electron chi connectivity index (χ1n) is 5.03. The fraction of sp³-hybridized carbons (Fsp3) is 0.0909. The molecule has 3 aromatic rings. The molecular formula is C11H8N4O2. The maximum Gasteiger partial charge on any atom is 0.280 e. The summed E-state index contributed by atoms with van der Waals surface area (Å²) in [7, 11) is 0. The van der Waals surface area contributed by atoms with Gasteiger partial charge in [0.15, 0.2) is 5.69 Å². The fourth-order valence-electron chi connectivity index (χ4n) is 1.57. The molecule has 0 radical (unpaired) electrons. The highest BCUT2D eigenvalue weighted by molar-refractivity contribution is 5.75. The van der Waals surface area contributed by atoms with Gasteiger partial charge in [-0.2, -0.15) is 0 Å². The Hall–Kier alpha value is -2.50. The van der Waals surface area contributed by atoms with Crippen molar-refractivity contribution in [2.75, 3.05) is 0 Å². The van der Waals surface area contributed by atoms with Crippen LogP contribution in [0.15, 0.2) is 33.5 Å². The topological polar surface area (TPSA) is 84.7 Å². The summed E-state index contributed by atoms with van der Waals surface area (Å²) < 4.78 is 5.19. The zero-order valence-corrected chi connectivity index (χ0v) is 8.97. The van der Waals surface area contributed by atoms with Crippen molar-refractivity contribution in [3.8, 4) is 11.6 Å². The maximum absolute atomic E-state index is 11.8. The van der Waals surface area contributed by atoms with E-state index in [4.69, 9.17) is 4.42 Å². The number of hydrogen-bond donors (Lipinski definition) is 1. The molecule has 0 fully saturated rings. The van der Waals surface area contributed by atoms with Crippen LogP contribution in [0.25, 0.3) is 22.6 Å². The van der Waals surface area contributed by atoms with Crippen LogP contribution < -0.4 is 5.56 Å². The zero-order chi connectivity index (χ0) is 11.8. The molecule has 1 aromatic carbocycles. The highest BCUT2D eigenvalue weighted by atomic mass is 16.4. The first-order chi connectivity index (χ1) is 8.24. The number of benzene rings is 1. The van der Waals surface area contributed by atoms with Gasteiger partial charge < -0.3 is 9.40 Å². The van der Waals surface area contributed by atoms with E-state index in [-0.39, 0.29) is 17.1 Å². The monoisotopic (exact) mass is 228 g/mol. The van der Waals surface area contributed by atoms with E-state index < -0.39 is 0 Å². The Balaban J connectivity index is 2.30. The van der Waals surface area contributed by atoms with E-state index in [0.29, 0.717) is 16.9 Å². The van der Waals surface area contributed by atoms with Crippen molar-refractivity contribution in [2.45, 2.75) is 6.92 Å². The van der Waals surface area contributed by atoms with Crippen LogP contribution in [-0.2, 0) is 0 Å². The molecule has 0 aliphatic carbocycles. The number of aromatic nitrogens is 4. The molecule has 6 nitrogen and oxygen atoms in total. The van der Waals surface area contributed by atoms with E-state index in [9.17, 15) is 4.79 Å². The number of aromatic amines is 1. The van der Waals surface area contributed by atoms with Crippen LogP contribution >= 0.6 is 0 Å². The van der Waals surface area contributed by atoms with Gasteiger partial charge in [-0.15, -0.1) is 10.2 Å². The standard InChI is InChI=1S/C11H8N4O2/c1-6-14-15-11(17-6)9-10(16)13-8-5-3-2-4-7(8)12-9/h2-5H,1H3,(H,13,16). The van der Waals surface area contributed by atoms with E-state index in [1.54, 1.807) is 19.1 Å². The van der Waals surface area contributed by atoms with Crippen molar-refractivity contribution in [2.24, 2.45) is 0 Å². The van der Waals surface area contributed by atoms with Gasteiger partial charge in [-0.05, 0) is 12.1 Å². The lowest BCUT2D eigenvalue weighted by Gasteiger charge is -1.98. The molecule has 84 valence electrons. The zero-order valence-electron chi connectivity index (χ0n) is 8.97. The average Bonchev–Trinajstić information content (AvgIpc) is 2.75. The summed E-state index contributed by atoms with van der Waals surface area (Å²) in [6, 6.07) is 7.26. The van der Waals surface area contributed by atoms with Crippen molar-refractivity contribution in [3.63, 3.8) is 0 Å². The Bertz CT molecular complexity index is 744. The number of nitrogens with zero attached hydrogens (tertiary/aromatic N) is 3. The number of hydrogen-bond acceptors (Lipinski definition) is 5. The van der Waals surface area contributed by atoms with E-state index in [1.165, 1.54) is 0 Å². The minimum Gasteiger partial charge on any atom is -0.419 e. The van der Waals surface area contributed by atoms with Crippen LogP contribution in [0.3, 0.4) is 0 Å². The number of H-pyrrole nitrogens is 1. The van der Waals surface area contributed by atoms with Crippen LogP contribution in [0.2, 0.25) is 0 Å². The lowest BCUT2D eigenvalue weighted by molar-refractivity contribution is 0.530. The number of aryl methyl sites for hydroxylation is 1. The lowest BCUT2D eigenvalue weighted by atomic mass is 10.3. The Labute approximate surface area is 95.3 Å². The summed E-state index contributed by atoms with van der Waals surface area (Å²) in [5.41, 5.74) is 1.16. The molecule has 2 aromatic heterocycles. The summed E-state index contributed by atoms with van der Waals surface area (Å²) in [4.78, 5) is 18.7. The molecule has 1 N–H and O–H groups in total. The smallest absolute Gasteiger partial charge is 0.280 e. The molecule has 6 heteroatoms. The van der Waals surface area contributed by atoms with Crippen LogP contribution in [-0.4, -0.2) is 20.2 Å². The highest BCUT2D eigenvalue weighted by Gasteiger charge is 2.13. The molecule has 0 spiro atoms. The summed E-state index contributed by atoms with van der Waals surface area (Å²) in [6.45, 7) is 1.66. The molecule has 0 unspecified atom stereocenters. The van der Waals surface area contributed by atoms with Gasteiger partial charge >= 0.3 is 0 Å². The van der Waals surface area contributed by atoms with Crippen molar-refractivity contribution >= 4 is 11.0 Å². The molecule has 0 bridgehead atoms. The van der Waals surface area contributed by atoms with E-state index in [0.717, 1.165) is 0 Å². The van der Waals surface area contributed by atoms with Gasteiger partial charge in [0, 0.05) is 6.92 Å².